The van der Waals surface area contributed by atoms with E-state index in [0.29, 0.717) is 11.3 Å². The fourth-order valence-corrected chi connectivity index (χ4v) is 4.47. The van der Waals surface area contributed by atoms with Crippen LogP contribution < -0.4 is 16.2 Å². The molecule has 0 bridgehead atoms. The lowest BCUT2D eigenvalue weighted by atomic mass is 10.1. The maximum absolute atomic E-state index is 12.7. The number of hydrogen-bond acceptors (Lipinski definition) is 5. The van der Waals surface area contributed by atoms with Gasteiger partial charge >= 0.3 is 0 Å². The van der Waals surface area contributed by atoms with Gasteiger partial charge in [0.05, 0.1) is 17.0 Å². The van der Waals surface area contributed by atoms with E-state index in [4.69, 9.17) is 10.7 Å². The lowest BCUT2D eigenvalue weighted by molar-refractivity contribution is 0.280. The van der Waals surface area contributed by atoms with Gasteiger partial charge in [0.25, 0.3) is 5.56 Å². The minimum absolute atomic E-state index is 0.105. The third-order valence-corrected chi connectivity index (χ3v) is 6.43. The topological polar surface area (TPSA) is 77.7 Å². The Kier molecular flexibility index (Phi) is 7.63. The fourth-order valence-electron chi connectivity index (χ4n) is 4.47. The number of nitrogens with one attached hydrogen (secondary N) is 1. The number of aliphatic imine (C=N–C) groups is 1. The van der Waals surface area contributed by atoms with E-state index in [1.165, 1.54) is 0 Å². The number of aromatic amines is 1. The molecule has 1 aromatic carbocycles. The normalized spacial score (nSPS) is 15.8. The zero-order valence-corrected chi connectivity index (χ0v) is 20.5. The first-order chi connectivity index (χ1) is 17.0. The number of allylic oxidation sites excluding steroid dienone is 2. The number of hydrogen-bond donors (Lipinski definition) is 2. The number of anilines is 1. The van der Waals surface area contributed by atoms with Gasteiger partial charge < -0.3 is 15.6 Å². The summed E-state index contributed by atoms with van der Waals surface area (Å²) in [6.45, 7) is 12.3. The third-order valence-electron chi connectivity index (χ3n) is 6.43. The molecule has 0 radical (unpaired) electrons. The Bertz CT molecular complexity index is 1310. The number of nitrogens with zero attached hydrogens (tertiary/aromatic N) is 3. The molecule has 1 aromatic rings. The molecule has 3 N–H and O–H groups in total. The van der Waals surface area contributed by atoms with Crippen molar-refractivity contribution in [2.75, 3.05) is 37.6 Å². The van der Waals surface area contributed by atoms with E-state index in [2.05, 4.69) is 46.5 Å². The molecule has 3 aliphatic rings. The highest BCUT2D eigenvalue weighted by Crippen LogP contribution is 2.29. The van der Waals surface area contributed by atoms with E-state index in [-0.39, 0.29) is 5.56 Å². The fraction of sp³-hybridized carbons (Fsp3) is 0.241. The number of benzene rings is 1. The highest BCUT2D eigenvalue weighted by molar-refractivity contribution is 6.05. The van der Waals surface area contributed by atoms with Crippen molar-refractivity contribution in [3.05, 3.63) is 107 Å². The van der Waals surface area contributed by atoms with E-state index in [9.17, 15) is 4.79 Å². The Labute approximate surface area is 207 Å². The molecule has 4 rings (SSSR count). The van der Waals surface area contributed by atoms with Crippen LogP contribution in [0.1, 0.15) is 18.1 Å². The molecular formula is C29H33N5O. The monoisotopic (exact) mass is 467 g/mol. The Morgan fingerprint density at radius 3 is 2.66 bits per heavy atom. The number of aromatic nitrogens is 1. The molecule has 1 saturated heterocycles. The van der Waals surface area contributed by atoms with Crippen LogP contribution in [0.2, 0.25) is 0 Å². The van der Waals surface area contributed by atoms with E-state index in [1.807, 2.05) is 49.4 Å². The summed E-state index contributed by atoms with van der Waals surface area (Å²) in [7, 11) is 0. The van der Waals surface area contributed by atoms with Crippen LogP contribution in [0.3, 0.4) is 0 Å². The summed E-state index contributed by atoms with van der Waals surface area (Å²) in [6, 6.07) is 16.1. The van der Waals surface area contributed by atoms with Gasteiger partial charge in [-0.25, -0.2) is 0 Å². The Hall–Kier alpha value is -3.90. The van der Waals surface area contributed by atoms with E-state index >= 15 is 0 Å². The van der Waals surface area contributed by atoms with Crippen molar-refractivity contribution in [2.45, 2.75) is 13.8 Å². The molecule has 0 atom stereocenters. The van der Waals surface area contributed by atoms with Crippen molar-refractivity contribution < 1.29 is 0 Å². The molecule has 1 aliphatic carbocycles. The highest BCUT2D eigenvalue weighted by Gasteiger charge is 2.19. The van der Waals surface area contributed by atoms with Crippen molar-refractivity contribution in [3.63, 3.8) is 0 Å². The maximum atomic E-state index is 12.7. The Balaban J connectivity index is 1.51. The van der Waals surface area contributed by atoms with Crippen LogP contribution in [0, 0.1) is 6.92 Å². The predicted octanol–water partition coefficient (Wildman–Crippen LogP) is 4.64. The molecule has 180 valence electrons. The van der Waals surface area contributed by atoms with E-state index in [1.54, 1.807) is 12.3 Å². The van der Waals surface area contributed by atoms with Crippen molar-refractivity contribution in [3.8, 4) is 11.3 Å². The van der Waals surface area contributed by atoms with Crippen LogP contribution >= 0.6 is 0 Å². The molecule has 6 heteroatoms. The number of aryl methyl sites for hydroxylation is 1. The molecular weight excluding hydrogens is 434 g/mol. The van der Waals surface area contributed by atoms with Gasteiger partial charge in [0.2, 0.25) is 0 Å². The quantitative estimate of drug-likeness (QED) is 0.392. The Morgan fingerprint density at radius 1 is 1.14 bits per heavy atom. The van der Waals surface area contributed by atoms with Crippen molar-refractivity contribution in [2.24, 2.45) is 10.7 Å². The van der Waals surface area contributed by atoms with Gasteiger partial charge in [-0.05, 0) is 49.4 Å². The van der Waals surface area contributed by atoms with Crippen molar-refractivity contribution in [1.82, 2.24) is 9.88 Å². The van der Waals surface area contributed by atoms with Crippen LogP contribution in [-0.4, -0.2) is 48.3 Å². The first-order valence-electron chi connectivity index (χ1n) is 11.9. The summed E-state index contributed by atoms with van der Waals surface area (Å²) in [6.07, 6.45) is 7.35. The van der Waals surface area contributed by atoms with Gasteiger partial charge in [0.1, 0.15) is 0 Å². The standard InChI is InChI=1S/C29H33N5O/c1-4-5-9-23(19-30)20-33-14-16-34(17-15-33)24-13-12-21(2)27(18-24)31-22(3)28-25-10-7-6-8-11-26(25)32-29(28)35/h4-13,18-19H,1,14-17,20,30H2,2-3H3,(H,32,35)/b9-5-,23-19+,31-22?. The predicted molar refractivity (Wildman–Crippen MR) is 147 cm³/mol. The molecule has 2 heterocycles. The first-order valence-corrected chi connectivity index (χ1v) is 11.9. The number of H-pyrrole nitrogens is 1. The van der Waals surface area contributed by atoms with Crippen LogP contribution in [0.25, 0.3) is 11.3 Å². The van der Waals surface area contributed by atoms with Gasteiger partial charge in [-0.3, -0.25) is 14.7 Å². The minimum Gasteiger partial charge on any atom is -0.404 e. The molecule has 1 fully saturated rings. The molecule has 0 unspecified atom stereocenters. The first kappa shape index (κ1) is 24.2. The third kappa shape index (κ3) is 5.61. The number of fused-ring (bicyclic) bond motifs is 1. The van der Waals surface area contributed by atoms with E-state index < -0.39 is 0 Å². The largest absolute Gasteiger partial charge is 0.404 e. The summed E-state index contributed by atoms with van der Waals surface area (Å²) in [5.74, 6) is 0. The van der Waals surface area contributed by atoms with Gasteiger partial charge in [-0.1, -0.05) is 55.1 Å². The minimum atomic E-state index is -0.105. The molecule has 2 aliphatic heterocycles. The van der Waals surface area contributed by atoms with E-state index in [0.717, 1.165) is 66.5 Å². The second-order valence-electron chi connectivity index (χ2n) is 8.83. The van der Waals surface area contributed by atoms with Gasteiger partial charge in [-0.15, -0.1) is 0 Å². The van der Waals surface area contributed by atoms with Gasteiger partial charge in [0, 0.05) is 49.7 Å². The summed E-state index contributed by atoms with van der Waals surface area (Å²) in [4.78, 5) is 25.3. The lowest BCUT2D eigenvalue weighted by Crippen LogP contribution is -2.46. The van der Waals surface area contributed by atoms with Crippen molar-refractivity contribution in [1.29, 1.82) is 0 Å². The van der Waals surface area contributed by atoms with Gasteiger partial charge in [-0.2, -0.15) is 0 Å². The summed E-state index contributed by atoms with van der Waals surface area (Å²) >= 11 is 0. The Morgan fingerprint density at radius 2 is 1.91 bits per heavy atom. The zero-order chi connectivity index (χ0) is 24.8. The molecule has 0 spiro atoms. The van der Waals surface area contributed by atoms with Crippen LogP contribution in [0.15, 0.2) is 94.9 Å². The average molecular weight is 468 g/mol. The zero-order valence-electron chi connectivity index (χ0n) is 20.5. The summed E-state index contributed by atoms with van der Waals surface area (Å²) < 4.78 is 0. The second-order valence-corrected chi connectivity index (χ2v) is 8.83. The van der Waals surface area contributed by atoms with Gasteiger partial charge in [0.15, 0.2) is 0 Å². The highest BCUT2D eigenvalue weighted by atomic mass is 16.1. The molecule has 0 amide bonds. The average Bonchev–Trinajstić information content (AvgIpc) is 3.01. The smallest absolute Gasteiger partial charge is 0.258 e. The summed E-state index contributed by atoms with van der Waals surface area (Å²) in [5, 5.41) is 0. The second kappa shape index (κ2) is 11.0. The lowest BCUT2D eigenvalue weighted by Gasteiger charge is -2.36. The maximum Gasteiger partial charge on any atom is 0.258 e. The SMILES string of the molecule is C=C/C=C\C(=C/N)CN1CCN(c2ccc(C)c(N=C(C)c3c4cccccc-4[nH]c3=O)c2)CC1. The van der Waals surface area contributed by atoms with Crippen LogP contribution in [0.5, 0.6) is 0 Å². The van der Waals surface area contributed by atoms with Crippen LogP contribution in [0.4, 0.5) is 11.4 Å². The molecule has 35 heavy (non-hydrogen) atoms. The van der Waals surface area contributed by atoms with Crippen molar-refractivity contribution >= 4 is 17.1 Å². The number of piperazine rings is 1. The number of rotatable bonds is 7. The molecule has 0 saturated carbocycles. The summed E-state index contributed by atoms with van der Waals surface area (Å²) in [5.41, 5.74) is 12.9. The van der Waals surface area contributed by atoms with Crippen LogP contribution in [-0.2, 0) is 0 Å². The number of nitrogens with two attached hydrogens (primary N) is 1. The molecule has 0 aromatic heterocycles. The molecule has 6 nitrogen and oxygen atoms in total.